The lowest BCUT2D eigenvalue weighted by Gasteiger charge is -2.32. The quantitative estimate of drug-likeness (QED) is 0.668. The topological polar surface area (TPSA) is 68.3 Å². The molecule has 0 aliphatic carbocycles. The zero-order valence-corrected chi connectivity index (χ0v) is 17.1. The number of hydrogen-bond donors (Lipinski definition) is 0. The molecule has 0 bridgehead atoms. The molecule has 0 atom stereocenters. The van der Waals surface area contributed by atoms with Gasteiger partial charge in [-0.1, -0.05) is 26.2 Å². The van der Waals surface area contributed by atoms with Gasteiger partial charge in [-0.3, -0.25) is 18.8 Å². The summed E-state index contributed by atoms with van der Waals surface area (Å²) >= 11 is 0. The number of imidazole rings is 1. The number of hydrogen-bond acceptors (Lipinski definition) is 5. The maximum atomic E-state index is 12.8. The number of fused-ring (bicyclic) bond motifs is 1. The highest BCUT2D eigenvalue weighted by Crippen LogP contribution is 2.16. The van der Waals surface area contributed by atoms with Crippen molar-refractivity contribution in [2.45, 2.75) is 45.7 Å². The third kappa shape index (κ3) is 4.01. The largest absolute Gasteiger partial charge is 0.332 e. The van der Waals surface area contributed by atoms with Crippen molar-refractivity contribution in [3.8, 4) is 0 Å². The van der Waals surface area contributed by atoms with Gasteiger partial charge < -0.3 is 9.47 Å². The summed E-state index contributed by atoms with van der Waals surface area (Å²) in [4.78, 5) is 34.6. The lowest BCUT2D eigenvalue weighted by molar-refractivity contribution is 0.144. The maximum Gasteiger partial charge on any atom is 0.332 e. The highest BCUT2D eigenvalue weighted by molar-refractivity contribution is 5.71. The van der Waals surface area contributed by atoms with E-state index in [0.29, 0.717) is 17.7 Å². The molecular formula is C19H32N6O2. The summed E-state index contributed by atoms with van der Waals surface area (Å²) in [5, 5.41) is 0. The molecule has 0 amide bonds. The van der Waals surface area contributed by atoms with E-state index in [2.05, 4.69) is 28.3 Å². The molecule has 27 heavy (non-hydrogen) atoms. The molecule has 3 heterocycles. The fourth-order valence-electron chi connectivity index (χ4n) is 3.76. The highest BCUT2D eigenvalue weighted by Gasteiger charge is 2.22. The summed E-state index contributed by atoms with van der Waals surface area (Å²) in [5.41, 5.74) is 0.484. The van der Waals surface area contributed by atoms with Crippen LogP contribution in [0, 0.1) is 0 Å². The smallest absolute Gasteiger partial charge is 0.321 e. The fourth-order valence-corrected chi connectivity index (χ4v) is 3.76. The van der Waals surface area contributed by atoms with Crippen molar-refractivity contribution >= 4 is 11.2 Å². The van der Waals surface area contributed by atoms with Gasteiger partial charge in [-0.05, 0) is 13.5 Å². The third-order valence-electron chi connectivity index (χ3n) is 5.62. The number of aryl methyl sites for hydroxylation is 2. The molecule has 0 N–H and O–H groups in total. The van der Waals surface area contributed by atoms with Gasteiger partial charge >= 0.3 is 5.69 Å². The molecule has 1 aliphatic heterocycles. The summed E-state index contributed by atoms with van der Waals surface area (Å²) < 4.78 is 4.74. The Morgan fingerprint density at radius 1 is 0.926 bits per heavy atom. The zero-order valence-electron chi connectivity index (χ0n) is 17.1. The molecule has 1 aliphatic rings. The molecule has 2 aromatic heterocycles. The molecule has 8 heteroatoms. The summed E-state index contributed by atoms with van der Waals surface area (Å²) in [7, 11) is 5.37. The lowest BCUT2D eigenvalue weighted by atomic mass is 10.2. The van der Waals surface area contributed by atoms with Gasteiger partial charge in [0.15, 0.2) is 11.2 Å². The Morgan fingerprint density at radius 2 is 1.63 bits per heavy atom. The molecule has 1 fully saturated rings. The average molecular weight is 377 g/mol. The van der Waals surface area contributed by atoms with Crippen molar-refractivity contribution < 1.29 is 0 Å². The standard InChI is InChI=1S/C19H32N6O2/c1-5-6-7-8-9-25-15(14-24-12-10-21(2)11-13-24)20-17-16(25)18(26)23(4)19(27)22(17)3/h5-14H2,1-4H3. The second-order valence-electron chi connectivity index (χ2n) is 7.70. The van der Waals surface area contributed by atoms with E-state index >= 15 is 0 Å². The van der Waals surface area contributed by atoms with Crippen LogP contribution in [-0.4, -0.2) is 61.7 Å². The second kappa shape index (κ2) is 8.39. The Balaban J connectivity index is 2.00. The first-order chi connectivity index (χ1) is 12.9. The Morgan fingerprint density at radius 3 is 2.30 bits per heavy atom. The van der Waals surface area contributed by atoms with E-state index in [-0.39, 0.29) is 11.2 Å². The molecule has 8 nitrogen and oxygen atoms in total. The Labute approximate surface area is 160 Å². The predicted octanol–water partition coefficient (Wildman–Crippen LogP) is 0.761. The fraction of sp³-hybridized carbons (Fsp3) is 0.737. The summed E-state index contributed by atoms with van der Waals surface area (Å²) in [5.74, 6) is 0.893. The van der Waals surface area contributed by atoms with Gasteiger partial charge in [-0.15, -0.1) is 0 Å². The normalized spacial score (nSPS) is 16.4. The van der Waals surface area contributed by atoms with Crippen LogP contribution in [-0.2, 0) is 27.2 Å². The van der Waals surface area contributed by atoms with Gasteiger partial charge in [0.25, 0.3) is 5.56 Å². The molecule has 2 aromatic rings. The Bertz CT molecular complexity index is 902. The summed E-state index contributed by atoms with van der Waals surface area (Å²) in [6.07, 6.45) is 4.52. The molecule has 0 saturated carbocycles. The number of aromatic nitrogens is 4. The summed E-state index contributed by atoms with van der Waals surface area (Å²) in [6, 6.07) is 0. The average Bonchev–Trinajstić information content (AvgIpc) is 3.02. The van der Waals surface area contributed by atoms with E-state index in [9.17, 15) is 9.59 Å². The molecular weight excluding hydrogens is 344 g/mol. The van der Waals surface area contributed by atoms with Crippen molar-refractivity contribution in [3.05, 3.63) is 26.7 Å². The van der Waals surface area contributed by atoms with Crippen LogP contribution in [0.5, 0.6) is 0 Å². The van der Waals surface area contributed by atoms with Gasteiger partial charge in [0.2, 0.25) is 0 Å². The number of likely N-dealkylation sites (N-methyl/N-ethyl adjacent to an activating group) is 1. The van der Waals surface area contributed by atoms with Gasteiger partial charge in [0, 0.05) is 46.8 Å². The molecule has 150 valence electrons. The minimum absolute atomic E-state index is 0.249. The van der Waals surface area contributed by atoms with Crippen LogP contribution in [0.1, 0.15) is 38.4 Å². The van der Waals surface area contributed by atoms with E-state index in [0.717, 1.165) is 51.4 Å². The van der Waals surface area contributed by atoms with Crippen LogP contribution < -0.4 is 11.2 Å². The van der Waals surface area contributed by atoms with Crippen molar-refractivity contribution in [2.24, 2.45) is 14.1 Å². The van der Waals surface area contributed by atoms with Crippen molar-refractivity contribution in [1.82, 2.24) is 28.5 Å². The minimum atomic E-state index is -0.325. The highest BCUT2D eigenvalue weighted by atomic mass is 16.2. The number of unbranched alkanes of at least 4 members (excludes halogenated alkanes) is 3. The monoisotopic (exact) mass is 376 g/mol. The molecule has 3 rings (SSSR count). The van der Waals surface area contributed by atoms with Crippen molar-refractivity contribution in [1.29, 1.82) is 0 Å². The van der Waals surface area contributed by atoms with Gasteiger partial charge in [-0.25, -0.2) is 9.78 Å². The van der Waals surface area contributed by atoms with Crippen LogP contribution in [0.3, 0.4) is 0 Å². The number of nitrogens with zero attached hydrogens (tertiary/aromatic N) is 6. The van der Waals surface area contributed by atoms with Crippen LogP contribution in [0.2, 0.25) is 0 Å². The van der Waals surface area contributed by atoms with Gasteiger partial charge in [0.1, 0.15) is 5.82 Å². The molecule has 0 unspecified atom stereocenters. The van der Waals surface area contributed by atoms with E-state index in [4.69, 9.17) is 4.98 Å². The molecule has 0 spiro atoms. The van der Waals surface area contributed by atoms with Crippen molar-refractivity contribution in [2.75, 3.05) is 33.2 Å². The van der Waals surface area contributed by atoms with Gasteiger partial charge in [-0.2, -0.15) is 0 Å². The first-order valence-corrected chi connectivity index (χ1v) is 10.00. The zero-order chi connectivity index (χ0) is 19.6. The van der Waals surface area contributed by atoms with Crippen LogP contribution in [0.25, 0.3) is 11.2 Å². The molecule has 0 radical (unpaired) electrons. The molecule has 1 saturated heterocycles. The maximum absolute atomic E-state index is 12.8. The first kappa shape index (κ1) is 19.8. The van der Waals surface area contributed by atoms with Crippen LogP contribution >= 0.6 is 0 Å². The first-order valence-electron chi connectivity index (χ1n) is 10.00. The van der Waals surface area contributed by atoms with E-state index in [1.54, 1.807) is 14.1 Å². The number of rotatable bonds is 7. The Kier molecular flexibility index (Phi) is 6.16. The summed E-state index contributed by atoms with van der Waals surface area (Å²) in [6.45, 7) is 7.74. The third-order valence-corrected chi connectivity index (χ3v) is 5.62. The van der Waals surface area contributed by atoms with Gasteiger partial charge in [0.05, 0.1) is 6.54 Å². The number of piperazine rings is 1. The van der Waals surface area contributed by atoms with Crippen molar-refractivity contribution in [3.63, 3.8) is 0 Å². The van der Waals surface area contributed by atoms with Crippen LogP contribution in [0.15, 0.2) is 9.59 Å². The lowest BCUT2D eigenvalue weighted by Crippen LogP contribution is -2.44. The van der Waals surface area contributed by atoms with Crippen LogP contribution in [0.4, 0.5) is 0 Å². The van der Waals surface area contributed by atoms with E-state index < -0.39 is 0 Å². The minimum Gasteiger partial charge on any atom is -0.321 e. The second-order valence-corrected chi connectivity index (χ2v) is 7.70. The van der Waals surface area contributed by atoms with E-state index in [1.165, 1.54) is 22.0 Å². The predicted molar refractivity (Wildman–Crippen MR) is 107 cm³/mol. The Hall–Kier alpha value is -1.93. The molecule has 0 aromatic carbocycles. The SMILES string of the molecule is CCCCCCn1c(CN2CCN(C)CC2)nc2c1c(=O)n(C)c(=O)n2C. The van der Waals surface area contributed by atoms with E-state index in [1.807, 2.05) is 0 Å².